The van der Waals surface area contributed by atoms with Crippen molar-refractivity contribution in [1.82, 2.24) is 5.32 Å². The third kappa shape index (κ3) is 1.31. The number of aliphatic hydroxyl groups is 1. The molecule has 1 saturated heterocycles. The molecule has 2 N–H and O–H groups in total. The van der Waals surface area contributed by atoms with Gasteiger partial charge in [-0.05, 0) is 0 Å². The van der Waals surface area contributed by atoms with Crippen molar-refractivity contribution in [2.45, 2.75) is 19.1 Å². The molecule has 3 heteroatoms. The topological polar surface area (TPSA) is 41.5 Å². The van der Waals surface area contributed by atoms with E-state index in [4.69, 9.17) is 9.84 Å². The molecular weight excluding hydrogens is 130 g/mol. The summed E-state index contributed by atoms with van der Waals surface area (Å²) >= 11 is 0. The molecule has 1 fully saturated rings. The molecule has 1 rings (SSSR count). The molecule has 0 aromatic rings. The first-order valence-corrected chi connectivity index (χ1v) is 3.66. The minimum absolute atomic E-state index is 0.209. The first kappa shape index (κ1) is 7.98. The lowest BCUT2D eigenvalue weighted by Gasteiger charge is -2.15. The van der Waals surface area contributed by atoms with E-state index in [2.05, 4.69) is 12.2 Å². The zero-order valence-corrected chi connectivity index (χ0v) is 6.50. The van der Waals surface area contributed by atoms with E-state index in [1.165, 1.54) is 0 Å². The Kier molecular flexibility index (Phi) is 2.65. The van der Waals surface area contributed by atoms with Crippen LogP contribution in [0, 0.1) is 5.92 Å². The molecule has 1 aliphatic rings. The van der Waals surface area contributed by atoms with Gasteiger partial charge in [0.25, 0.3) is 0 Å². The molecule has 3 nitrogen and oxygen atoms in total. The van der Waals surface area contributed by atoms with Gasteiger partial charge in [-0.3, -0.25) is 0 Å². The van der Waals surface area contributed by atoms with E-state index in [0.29, 0.717) is 5.92 Å². The molecular formula is C7H15NO2. The fraction of sp³-hybridized carbons (Fsp3) is 1.00. The van der Waals surface area contributed by atoms with E-state index in [1.807, 2.05) is 0 Å². The normalized spacial score (nSPS) is 40.5. The van der Waals surface area contributed by atoms with Crippen LogP contribution in [-0.4, -0.2) is 37.5 Å². The average Bonchev–Trinajstić information content (AvgIpc) is 2.30. The van der Waals surface area contributed by atoms with Crippen LogP contribution < -0.4 is 5.32 Å². The fourth-order valence-electron chi connectivity index (χ4n) is 1.43. The van der Waals surface area contributed by atoms with Gasteiger partial charge in [0.2, 0.25) is 0 Å². The summed E-state index contributed by atoms with van der Waals surface area (Å²) in [4.78, 5) is 0. The summed E-state index contributed by atoms with van der Waals surface area (Å²) in [5.74, 6) is 0.426. The molecule has 1 aliphatic heterocycles. The highest BCUT2D eigenvalue weighted by atomic mass is 16.5. The SMILES string of the molecule is CO[C@@H]1CN[C@H](CO)[C@H]1C. The van der Waals surface area contributed by atoms with Crippen molar-refractivity contribution in [2.24, 2.45) is 5.92 Å². The highest BCUT2D eigenvalue weighted by Crippen LogP contribution is 2.16. The highest BCUT2D eigenvalue weighted by Gasteiger charge is 2.31. The van der Waals surface area contributed by atoms with Gasteiger partial charge in [0.15, 0.2) is 0 Å². The predicted molar refractivity (Wildman–Crippen MR) is 38.8 cm³/mol. The monoisotopic (exact) mass is 145 g/mol. The van der Waals surface area contributed by atoms with Gasteiger partial charge >= 0.3 is 0 Å². The zero-order valence-electron chi connectivity index (χ0n) is 6.50. The lowest BCUT2D eigenvalue weighted by atomic mass is 10.0. The van der Waals surface area contributed by atoms with Crippen molar-refractivity contribution in [3.63, 3.8) is 0 Å². The summed E-state index contributed by atoms with van der Waals surface area (Å²) in [5.41, 5.74) is 0. The standard InChI is InChI=1S/C7H15NO2/c1-5-6(4-9)8-3-7(5)10-2/h5-9H,3-4H2,1-2H3/t5-,6-,7-/m1/s1. The summed E-state index contributed by atoms with van der Waals surface area (Å²) in [7, 11) is 1.71. The Hall–Kier alpha value is -0.120. The molecule has 0 amide bonds. The molecule has 3 atom stereocenters. The zero-order chi connectivity index (χ0) is 7.56. The van der Waals surface area contributed by atoms with Gasteiger partial charge < -0.3 is 15.2 Å². The van der Waals surface area contributed by atoms with Crippen LogP contribution in [0.1, 0.15) is 6.92 Å². The maximum atomic E-state index is 8.83. The number of ether oxygens (including phenoxy) is 1. The van der Waals surface area contributed by atoms with Gasteiger partial charge in [-0.15, -0.1) is 0 Å². The number of aliphatic hydroxyl groups excluding tert-OH is 1. The molecule has 0 radical (unpaired) electrons. The van der Waals surface area contributed by atoms with E-state index >= 15 is 0 Å². The Bertz CT molecular complexity index is 95.8. The molecule has 60 valence electrons. The second kappa shape index (κ2) is 3.32. The second-order valence-corrected chi connectivity index (χ2v) is 2.83. The van der Waals surface area contributed by atoms with Crippen molar-refractivity contribution >= 4 is 0 Å². The Morgan fingerprint density at radius 1 is 1.70 bits per heavy atom. The Balaban J connectivity index is 2.41. The van der Waals surface area contributed by atoms with Gasteiger partial charge in [0.05, 0.1) is 12.7 Å². The number of rotatable bonds is 2. The van der Waals surface area contributed by atoms with Gasteiger partial charge in [-0.25, -0.2) is 0 Å². The number of hydrogen-bond acceptors (Lipinski definition) is 3. The average molecular weight is 145 g/mol. The lowest BCUT2D eigenvalue weighted by Crippen LogP contribution is -2.30. The van der Waals surface area contributed by atoms with Crippen LogP contribution in [0.2, 0.25) is 0 Å². The maximum absolute atomic E-state index is 8.83. The van der Waals surface area contributed by atoms with Crippen molar-refractivity contribution in [3.05, 3.63) is 0 Å². The Labute approximate surface area is 61.4 Å². The fourth-order valence-corrected chi connectivity index (χ4v) is 1.43. The number of nitrogens with one attached hydrogen (secondary N) is 1. The summed E-state index contributed by atoms with van der Waals surface area (Å²) in [5, 5.41) is 12.0. The minimum atomic E-state index is 0.209. The Morgan fingerprint density at radius 3 is 2.70 bits per heavy atom. The van der Waals surface area contributed by atoms with Crippen LogP contribution in [0.15, 0.2) is 0 Å². The van der Waals surface area contributed by atoms with Crippen LogP contribution in [0.25, 0.3) is 0 Å². The summed E-state index contributed by atoms with van der Waals surface area (Å²) < 4.78 is 5.18. The number of hydrogen-bond donors (Lipinski definition) is 2. The van der Waals surface area contributed by atoms with E-state index in [-0.39, 0.29) is 18.8 Å². The predicted octanol–water partition coefficient (Wildman–Crippen LogP) is -0.398. The van der Waals surface area contributed by atoms with Crippen LogP contribution in [0.4, 0.5) is 0 Å². The van der Waals surface area contributed by atoms with E-state index in [0.717, 1.165) is 6.54 Å². The maximum Gasteiger partial charge on any atom is 0.0736 e. The van der Waals surface area contributed by atoms with Crippen molar-refractivity contribution < 1.29 is 9.84 Å². The van der Waals surface area contributed by atoms with Gasteiger partial charge in [-0.2, -0.15) is 0 Å². The van der Waals surface area contributed by atoms with Gasteiger partial charge in [0, 0.05) is 25.6 Å². The summed E-state index contributed by atoms with van der Waals surface area (Å²) in [6, 6.07) is 0.227. The van der Waals surface area contributed by atoms with E-state index in [9.17, 15) is 0 Å². The van der Waals surface area contributed by atoms with Crippen molar-refractivity contribution in [1.29, 1.82) is 0 Å². The van der Waals surface area contributed by atoms with E-state index < -0.39 is 0 Å². The van der Waals surface area contributed by atoms with Crippen LogP contribution in [0.3, 0.4) is 0 Å². The van der Waals surface area contributed by atoms with Crippen LogP contribution >= 0.6 is 0 Å². The van der Waals surface area contributed by atoms with Crippen LogP contribution in [-0.2, 0) is 4.74 Å². The largest absolute Gasteiger partial charge is 0.395 e. The molecule has 0 unspecified atom stereocenters. The third-order valence-electron chi connectivity index (χ3n) is 2.30. The molecule has 0 bridgehead atoms. The van der Waals surface area contributed by atoms with E-state index in [1.54, 1.807) is 7.11 Å². The lowest BCUT2D eigenvalue weighted by molar-refractivity contribution is 0.0776. The molecule has 0 aromatic carbocycles. The third-order valence-corrected chi connectivity index (χ3v) is 2.30. The summed E-state index contributed by atoms with van der Waals surface area (Å²) in [6.07, 6.45) is 0.275. The molecule has 0 aliphatic carbocycles. The molecule has 1 heterocycles. The summed E-state index contributed by atoms with van der Waals surface area (Å²) in [6.45, 7) is 3.17. The second-order valence-electron chi connectivity index (χ2n) is 2.83. The van der Waals surface area contributed by atoms with Crippen molar-refractivity contribution in [3.8, 4) is 0 Å². The minimum Gasteiger partial charge on any atom is -0.395 e. The van der Waals surface area contributed by atoms with Crippen LogP contribution in [0.5, 0.6) is 0 Å². The molecule has 0 spiro atoms. The highest BCUT2D eigenvalue weighted by molar-refractivity contribution is 4.87. The molecule has 0 saturated carbocycles. The molecule has 0 aromatic heterocycles. The van der Waals surface area contributed by atoms with Gasteiger partial charge in [-0.1, -0.05) is 6.92 Å². The number of methoxy groups -OCH3 is 1. The van der Waals surface area contributed by atoms with Gasteiger partial charge in [0.1, 0.15) is 0 Å². The quantitative estimate of drug-likeness (QED) is 0.555. The first-order valence-electron chi connectivity index (χ1n) is 3.66. The Morgan fingerprint density at radius 2 is 2.40 bits per heavy atom. The van der Waals surface area contributed by atoms with Crippen molar-refractivity contribution in [2.75, 3.05) is 20.3 Å². The first-order chi connectivity index (χ1) is 4.79. The smallest absolute Gasteiger partial charge is 0.0736 e. The molecule has 10 heavy (non-hydrogen) atoms.